The molecule has 0 N–H and O–H groups in total. The van der Waals surface area contributed by atoms with Gasteiger partial charge in [-0.3, -0.25) is 4.98 Å². The first-order valence-electron chi connectivity index (χ1n) is 7.11. The van der Waals surface area contributed by atoms with E-state index in [1.165, 1.54) is 0 Å². The molecule has 0 bridgehead atoms. The third-order valence-electron chi connectivity index (χ3n) is 4.24. The van der Waals surface area contributed by atoms with Crippen molar-refractivity contribution in [2.24, 2.45) is 0 Å². The Morgan fingerprint density at radius 1 is 1.45 bits per heavy atom. The lowest BCUT2D eigenvalue weighted by molar-refractivity contribution is -0.136. The molecule has 22 heavy (non-hydrogen) atoms. The van der Waals surface area contributed by atoms with E-state index in [1.807, 2.05) is 6.92 Å². The van der Waals surface area contributed by atoms with Crippen molar-refractivity contribution in [3.05, 3.63) is 52.4 Å². The monoisotopic (exact) mass is 306 g/mol. The summed E-state index contributed by atoms with van der Waals surface area (Å²) in [5.41, 5.74) is 2.60. The maximum atomic E-state index is 14.0. The summed E-state index contributed by atoms with van der Waals surface area (Å²) in [6, 6.07) is 0. The molecule has 1 atom stereocenters. The number of esters is 1. The molecule has 1 aromatic rings. The standard InChI is InChI=1S/C16H16F2N2O2/c1-3-10-12(6-19-7-13(10)18)11-4-9(5-17)20(2)14-8-22-16(21)15(11)14/h4,6-7,11H,3,5,8H2,1-2H3. The third kappa shape index (κ3) is 2.10. The number of alkyl halides is 1. The molecule has 6 heteroatoms. The topological polar surface area (TPSA) is 42.4 Å². The van der Waals surface area contributed by atoms with Crippen LogP contribution in [0.3, 0.4) is 0 Å². The smallest absolute Gasteiger partial charge is 0.337 e. The van der Waals surface area contributed by atoms with Crippen LogP contribution in [0.4, 0.5) is 8.78 Å². The zero-order valence-electron chi connectivity index (χ0n) is 12.4. The van der Waals surface area contributed by atoms with Crippen molar-refractivity contribution in [1.82, 2.24) is 9.88 Å². The summed E-state index contributed by atoms with van der Waals surface area (Å²) in [5, 5.41) is 0. The summed E-state index contributed by atoms with van der Waals surface area (Å²) in [6.45, 7) is 1.28. The molecule has 0 aliphatic carbocycles. The van der Waals surface area contributed by atoms with Gasteiger partial charge in [0.25, 0.3) is 0 Å². The summed E-state index contributed by atoms with van der Waals surface area (Å²) in [5.74, 6) is -1.37. The molecule has 116 valence electrons. The Bertz CT molecular complexity index is 697. The van der Waals surface area contributed by atoms with Crippen LogP contribution in [0.25, 0.3) is 0 Å². The summed E-state index contributed by atoms with van der Waals surface area (Å²) in [7, 11) is 1.70. The molecule has 0 saturated heterocycles. The largest absolute Gasteiger partial charge is 0.456 e. The van der Waals surface area contributed by atoms with Crippen molar-refractivity contribution in [1.29, 1.82) is 0 Å². The Balaban J connectivity index is 2.18. The average molecular weight is 306 g/mol. The number of pyridine rings is 1. The van der Waals surface area contributed by atoms with Crippen molar-refractivity contribution >= 4 is 5.97 Å². The van der Waals surface area contributed by atoms with E-state index in [4.69, 9.17) is 4.74 Å². The van der Waals surface area contributed by atoms with Gasteiger partial charge in [0.1, 0.15) is 19.1 Å². The van der Waals surface area contributed by atoms with Crippen molar-refractivity contribution in [3.8, 4) is 0 Å². The summed E-state index contributed by atoms with van der Waals surface area (Å²) >= 11 is 0. The predicted molar refractivity (Wildman–Crippen MR) is 76.1 cm³/mol. The maximum Gasteiger partial charge on any atom is 0.337 e. The SMILES string of the molecule is CCc1c(F)cncc1C1C=C(CF)N(C)C2=C1C(=O)OC2. The van der Waals surface area contributed by atoms with Gasteiger partial charge in [-0.15, -0.1) is 0 Å². The molecule has 1 unspecified atom stereocenters. The number of hydrogen-bond acceptors (Lipinski definition) is 4. The van der Waals surface area contributed by atoms with Crippen LogP contribution in [-0.2, 0) is 16.0 Å². The summed E-state index contributed by atoms with van der Waals surface area (Å²) in [4.78, 5) is 17.6. The van der Waals surface area contributed by atoms with Crippen LogP contribution in [0.15, 0.2) is 35.4 Å². The fourth-order valence-electron chi connectivity index (χ4n) is 3.05. The second-order valence-electron chi connectivity index (χ2n) is 5.31. The Kier molecular flexibility index (Phi) is 3.68. The van der Waals surface area contributed by atoms with Crippen LogP contribution in [0, 0.1) is 5.82 Å². The number of likely N-dealkylation sites (N-methyl/N-ethyl adjacent to an activating group) is 1. The lowest BCUT2D eigenvalue weighted by Crippen LogP contribution is -2.27. The number of ether oxygens (including phenoxy) is 1. The minimum Gasteiger partial charge on any atom is -0.456 e. The lowest BCUT2D eigenvalue weighted by Gasteiger charge is -2.30. The number of halogens is 2. The molecule has 0 saturated carbocycles. The van der Waals surface area contributed by atoms with Crippen LogP contribution < -0.4 is 0 Å². The van der Waals surface area contributed by atoms with Gasteiger partial charge >= 0.3 is 5.97 Å². The highest BCUT2D eigenvalue weighted by molar-refractivity contribution is 5.94. The van der Waals surface area contributed by atoms with Crippen molar-refractivity contribution < 1.29 is 18.3 Å². The van der Waals surface area contributed by atoms with E-state index < -0.39 is 24.4 Å². The van der Waals surface area contributed by atoms with Gasteiger partial charge in [-0.2, -0.15) is 0 Å². The van der Waals surface area contributed by atoms with Gasteiger partial charge in [-0.05, 0) is 23.6 Å². The van der Waals surface area contributed by atoms with E-state index in [0.29, 0.717) is 34.5 Å². The van der Waals surface area contributed by atoms with E-state index in [0.717, 1.165) is 6.20 Å². The first-order valence-corrected chi connectivity index (χ1v) is 7.11. The minimum absolute atomic E-state index is 0.114. The zero-order chi connectivity index (χ0) is 15.9. The number of allylic oxidation sites excluding steroid dienone is 2. The predicted octanol–water partition coefficient (Wildman–Crippen LogP) is 2.48. The molecule has 2 aliphatic rings. The van der Waals surface area contributed by atoms with E-state index in [2.05, 4.69) is 4.98 Å². The van der Waals surface area contributed by atoms with E-state index >= 15 is 0 Å². The molecule has 0 spiro atoms. The molecule has 1 aromatic heterocycles. The summed E-state index contributed by atoms with van der Waals surface area (Å²) < 4.78 is 32.4. The van der Waals surface area contributed by atoms with Crippen LogP contribution >= 0.6 is 0 Å². The fourth-order valence-corrected chi connectivity index (χ4v) is 3.05. The molecular weight excluding hydrogens is 290 g/mol. The van der Waals surface area contributed by atoms with E-state index in [9.17, 15) is 13.6 Å². The maximum absolute atomic E-state index is 14.0. The van der Waals surface area contributed by atoms with Crippen molar-refractivity contribution in [3.63, 3.8) is 0 Å². The first kappa shape index (κ1) is 14.7. The molecule has 2 aliphatic heterocycles. The van der Waals surface area contributed by atoms with Gasteiger partial charge < -0.3 is 9.64 Å². The molecule has 3 rings (SSSR count). The minimum atomic E-state index is -0.665. The van der Waals surface area contributed by atoms with Gasteiger partial charge in [0.05, 0.1) is 17.5 Å². The number of carbonyl (C=O) groups is 1. The van der Waals surface area contributed by atoms with Gasteiger partial charge in [0.15, 0.2) is 0 Å². The summed E-state index contributed by atoms with van der Waals surface area (Å²) in [6.07, 6.45) is 4.81. The average Bonchev–Trinajstić information content (AvgIpc) is 2.90. The molecular formula is C16H16F2N2O2. The quantitative estimate of drug-likeness (QED) is 0.805. The molecule has 0 fully saturated rings. The van der Waals surface area contributed by atoms with Crippen molar-refractivity contribution in [2.45, 2.75) is 19.3 Å². The highest BCUT2D eigenvalue weighted by atomic mass is 19.1. The van der Waals surface area contributed by atoms with Crippen LogP contribution in [-0.4, -0.2) is 36.2 Å². The van der Waals surface area contributed by atoms with Crippen molar-refractivity contribution in [2.75, 3.05) is 20.3 Å². The normalized spacial score (nSPS) is 20.9. The number of rotatable bonds is 3. The highest BCUT2D eigenvalue weighted by Crippen LogP contribution is 2.40. The Morgan fingerprint density at radius 2 is 2.23 bits per heavy atom. The number of hydrogen-bond donors (Lipinski definition) is 0. The molecule has 4 nitrogen and oxygen atoms in total. The number of aromatic nitrogens is 1. The molecule has 0 radical (unpaired) electrons. The molecule has 3 heterocycles. The number of nitrogens with zero attached hydrogens (tertiary/aromatic N) is 2. The van der Waals surface area contributed by atoms with Gasteiger partial charge in [-0.25, -0.2) is 13.6 Å². The van der Waals surface area contributed by atoms with E-state index in [1.54, 1.807) is 24.2 Å². The van der Waals surface area contributed by atoms with Gasteiger partial charge in [0.2, 0.25) is 0 Å². The Hall–Kier alpha value is -2.24. The zero-order valence-corrected chi connectivity index (χ0v) is 12.4. The lowest BCUT2D eigenvalue weighted by atomic mass is 9.84. The van der Waals surface area contributed by atoms with E-state index in [-0.39, 0.29) is 6.61 Å². The van der Waals surface area contributed by atoms with Gasteiger partial charge in [0, 0.05) is 24.9 Å². The molecule has 0 amide bonds. The number of carbonyl (C=O) groups excluding carboxylic acids is 1. The Labute approximate surface area is 127 Å². The third-order valence-corrected chi connectivity index (χ3v) is 4.24. The first-order chi connectivity index (χ1) is 10.6. The van der Waals surface area contributed by atoms with Crippen LogP contribution in [0.1, 0.15) is 24.0 Å². The second-order valence-corrected chi connectivity index (χ2v) is 5.31. The Morgan fingerprint density at radius 3 is 2.91 bits per heavy atom. The van der Waals surface area contributed by atoms with Crippen LogP contribution in [0.5, 0.6) is 0 Å². The van der Waals surface area contributed by atoms with Crippen LogP contribution in [0.2, 0.25) is 0 Å². The number of cyclic esters (lactones) is 1. The highest BCUT2D eigenvalue weighted by Gasteiger charge is 2.38. The second kappa shape index (κ2) is 5.51. The fraction of sp³-hybridized carbons (Fsp3) is 0.375. The van der Waals surface area contributed by atoms with Gasteiger partial charge in [-0.1, -0.05) is 6.92 Å². The molecule has 0 aromatic carbocycles.